The van der Waals surface area contributed by atoms with Crippen molar-refractivity contribution in [1.29, 1.82) is 0 Å². The van der Waals surface area contributed by atoms with Crippen molar-refractivity contribution in [3.63, 3.8) is 0 Å². The van der Waals surface area contributed by atoms with Crippen LogP contribution in [-0.4, -0.2) is 9.97 Å². The summed E-state index contributed by atoms with van der Waals surface area (Å²) in [6.45, 7) is 0. The van der Waals surface area contributed by atoms with Gasteiger partial charge in [0.2, 0.25) is 0 Å². The largest absolute Gasteiger partial charge is 0.254 e. The maximum Gasteiger partial charge on any atom is 0.0986 e. The van der Waals surface area contributed by atoms with Gasteiger partial charge in [-0.1, -0.05) is 10.2 Å². The average molecular weight is 433 g/mol. The van der Waals surface area contributed by atoms with Crippen molar-refractivity contribution in [2.45, 2.75) is 0 Å². The van der Waals surface area contributed by atoms with Crippen LogP contribution in [0.3, 0.4) is 0 Å². The molecule has 2 aromatic heterocycles. The molecule has 2 heterocycles. The molecular weight excluding hydrogens is 427 g/mol. The number of hydrogen-bond acceptors (Lipinski definition) is 4. The van der Waals surface area contributed by atoms with Crippen molar-refractivity contribution in [3.8, 4) is 11.4 Å². The van der Waals surface area contributed by atoms with E-state index in [1.807, 2.05) is 0 Å². The van der Waals surface area contributed by atoms with Crippen molar-refractivity contribution in [2.75, 3.05) is 0 Å². The first-order valence-corrected chi connectivity index (χ1v) is 4.87. The van der Waals surface area contributed by atoms with Crippen molar-refractivity contribution in [2.24, 2.45) is 10.2 Å². The molecule has 9 heteroatoms. The van der Waals surface area contributed by atoms with E-state index < -0.39 is 0 Å². The summed E-state index contributed by atoms with van der Waals surface area (Å²) < 4.78 is 0. The fourth-order valence-electron chi connectivity index (χ4n) is 1.42. The van der Waals surface area contributed by atoms with E-state index in [2.05, 4.69) is 30.0 Å². The molecule has 0 N–H and O–H groups in total. The molecule has 19 heavy (non-hydrogen) atoms. The summed E-state index contributed by atoms with van der Waals surface area (Å²) in [6.07, 6.45) is 3.08. The van der Waals surface area contributed by atoms with Crippen LogP contribution in [0.2, 0.25) is 0 Å². The molecule has 0 spiro atoms. The van der Waals surface area contributed by atoms with Crippen molar-refractivity contribution < 1.29 is 21.1 Å². The zero-order valence-corrected chi connectivity index (χ0v) is 11.6. The molecule has 0 unspecified atom stereocenters. The minimum absolute atomic E-state index is 0. The summed E-state index contributed by atoms with van der Waals surface area (Å²) in [5.74, 6) is 0. The van der Waals surface area contributed by atoms with E-state index in [1.54, 1.807) is 36.7 Å². The molecule has 0 radical (unpaired) electrons. The molecule has 0 atom stereocenters. The zero-order valence-electron chi connectivity index (χ0n) is 9.36. The van der Waals surface area contributed by atoms with Crippen LogP contribution in [0.1, 0.15) is 0 Å². The standard InChI is InChI=1S/C10H6N8.Pt/c11-17-15-7-3-1-5-13-9(7)10-8(16-18-12)4-2-6-14-10;/h1-6H;. The number of pyridine rings is 2. The molecule has 2 aromatic rings. The van der Waals surface area contributed by atoms with Crippen LogP contribution in [0, 0.1) is 0 Å². The summed E-state index contributed by atoms with van der Waals surface area (Å²) in [5.41, 5.74) is 18.4. The van der Waals surface area contributed by atoms with Gasteiger partial charge in [0.05, 0.1) is 22.8 Å². The van der Waals surface area contributed by atoms with Gasteiger partial charge >= 0.3 is 0 Å². The first-order valence-electron chi connectivity index (χ1n) is 4.87. The van der Waals surface area contributed by atoms with E-state index in [0.717, 1.165) is 0 Å². The molecule has 0 bridgehead atoms. The summed E-state index contributed by atoms with van der Waals surface area (Å²) >= 11 is 0. The topological polar surface area (TPSA) is 123 Å². The molecule has 0 amide bonds. The van der Waals surface area contributed by atoms with E-state index >= 15 is 0 Å². The molecule has 96 valence electrons. The Morgan fingerprint density at radius 3 is 1.63 bits per heavy atom. The molecule has 0 aliphatic carbocycles. The number of nitrogens with zero attached hydrogens (tertiary/aromatic N) is 8. The second kappa shape index (κ2) is 7.13. The van der Waals surface area contributed by atoms with Gasteiger partial charge in [-0.25, -0.2) is 0 Å². The Morgan fingerprint density at radius 2 is 1.26 bits per heavy atom. The summed E-state index contributed by atoms with van der Waals surface area (Å²) in [7, 11) is 0. The van der Waals surface area contributed by atoms with Gasteiger partial charge in [0, 0.05) is 43.3 Å². The van der Waals surface area contributed by atoms with Gasteiger partial charge in [0.1, 0.15) is 0 Å². The Balaban J connectivity index is 0.00000180. The third-order valence-corrected chi connectivity index (χ3v) is 2.10. The Bertz CT molecular complexity index is 613. The van der Waals surface area contributed by atoms with Gasteiger partial charge in [0.25, 0.3) is 0 Å². The van der Waals surface area contributed by atoms with Crippen LogP contribution in [0.5, 0.6) is 0 Å². The average Bonchev–Trinajstić information content (AvgIpc) is 2.41. The van der Waals surface area contributed by atoms with Crippen molar-refractivity contribution in [3.05, 3.63) is 57.5 Å². The normalized spacial score (nSPS) is 8.63. The fourth-order valence-corrected chi connectivity index (χ4v) is 1.42. The van der Waals surface area contributed by atoms with Crippen molar-refractivity contribution >= 4 is 11.4 Å². The van der Waals surface area contributed by atoms with E-state index in [-0.39, 0.29) is 21.1 Å². The molecule has 8 nitrogen and oxygen atoms in total. The summed E-state index contributed by atoms with van der Waals surface area (Å²) in [4.78, 5) is 13.6. The van der Waals surface area contributed by atoms with Gasteiger partial charge in [-0.15, -0.1) is 0 Å². The molecule has 0 aliphatic heterocycles. The van der Waals surface area contributed by atoms with Gasteiger partial charge in [-0.05, 0) is 35.3 Å². The third-order valence-electron chi connectivity index (χ3n) is 2.10. The Kier molecular flexibility index (Phi) is 5.51. The number of rotatable bonds is 3. The number of aromatic nitrogens is 2. The molecule has 0 aromatic carbocycles. The minimum Gasteiger partial charge on any atom is -0.254 e. The van der Waals surface area contributed by atoms with Gasteiger partial charge < -0.3 is 0 Å². The molecule has 0 fully saturated rings. The van der Waals surface area contributed by atoms with Gasteiger partial charge in [-0.2, -0.15) is 0 Å². The van der Waals surface area contributed by atoms with Crippen LogP contribution in [0.4, 0.5) is 11.4 Å². The third kappa shape index (κ3) is 3.30. The number of azide groups is 2. The second-order valence-electron chi connectivity index (χ2n) is 3.12. The van der Waals surface area contributed by atoms with E-state index in [1.165, 1.54) is 0 Å². The molecule has 0 aliphatic rings. The van der Waals surface area contributed by atoms with E-state index in [9.17, 15) is 0 Å². The Labute approximate surface area is 122 Å². The summed E-state index contributed by atoms with van der Waals surface area (Å²) in [6, 6.07) is 6.50. The van der Waals surface area contributed by atoms with Crippen LogP contribution < -0.4 is 0 Å². The monoisotopic (exact) mass is 433 g/mol. The first-order chi connectivity index (χ1) is 8.86. The molecule has 0 saturated carbocycles. The van der Waals surface area contributed by atoms with Gasteiger partial charge in [-0.3, -0.25) is 9.97 Å². The van der Waals surface area contributed by atoms with Crippen LogP contribution in [-0.2, 0) is 21.1 Å². The van der Waals surface area contributed by atoms with Gasteiger partial charge in [0.15, 0.2) is 0 Å². The smallest absolute Gasteiger partial charge is 0.0986 e. The van der Waals surface area contributed by atoms with Crippen LogP contribution >= 0.6 is 0 Å². The fraction of sp³-hybridized carbons (Fsp3) is 0. The quantitative estimate of drug-likeness (QED) is 0.412. The maximum atomic E-state index is 8.49. The molecular formula is C10H6N8Pt. The summed E-state index contributed by atoms with van der Waals surface area (Å²) in [5, 5.41) is 7.06. The zero-order chi connectivity index (χ0) is 12.8. The predicted molar refractivity (Wildman–Crippen MR) is 65.1 cm³/mol. The van der Waals surface area contributed by atoms with E-state index in [4.69, 9.17) is 11.1 Å². The first kappa shape index (κ1) is 14.7. The maximum absolute atomic E-state index is 8.49. The second-order valence-corrected chi connectivity index (χ2v) is 3.12. The van der Waals surface area contributed by atoms with Crippen LogP contribution in [0.25, 0.3) is 32.3 Å². The molecule has 2 rings (SSSR count). The Morgan fingerprint density at radius 1 is 0.842 bits per heavy atom. The SMILES string of the molecule is [N-]=[N+]=Nc1cccnc1-c1ncccc1N=[N+]=[N-].[Pt]. The predicted octanol–water partition coefficient (Wildman–Crippen LogP) is 4.02. The van der Waals surface area contributed by atoms with Crippen LogP contribution in [0.15, 0.2) is 46.9 Å². The number of hydrogen-bond donors (Lipinski definition) is 0. The molecule has 0 saturated heterocycles. The van der Waals surface area contributed by atoms with Crippen molar-refractivity contribution in [1.82, 2.24) is 9.97 Å². The Hall–Kier alpha value is -2.39. The van der Waals surface area contributed by atoms with E-state index in [0.29, 0.717) is 22.8 Å². The minimum atomic E-state index is 0.